The van der Waals surface area contributed by atoms with Crippen molar-refractivity contribution in [3.63, 3.8) is 0 Å². The number of carbonyl (C=O) groups is 2. The zero-order chi connectivity index (χ0) is 21.2. The molecule has 1 aromatic heterocycles. The topological polar surface area (TPSA) is 66.4 Å². The monoisotopic (exact) mass is 410 g/mol. The second kappa shape index (κ2) is 7.99. The summed E-state index contributed by atoms with van der Waals surface area (Å²) in [6.07, 6.45) is 0. The fourth-order valence-corrected chi connectivity index (χ4v) is 4.04. The first kappa shape index (κ1) is 18.9. The number of amides is 3. The maximum atomic E-state index is 13.0. The van der Waals surface area contributed by atoms with Gasteiger partial charge in [0.2, 0.25) is 5.91 Å². The normalized spacial score (nSPS) is 13.4. The lowest BCUT2D eigenvalue weighted by Gasteiger charge is -2.16. The van der Waals surface area contributed by atoms with Crippen LogP contribution in [0.3, 0.4) is 0 Å². The zero-order valence-electron chi connectivity index (χ0n) is 16.9. The second-order valence-electron chi connectivity index (χ2n) is 7.52. The standard InChI is InChI=1S/C25H22N4O2/c30-24(27-20-10-6-11-21(16-20)28-14-13-26-25(28)31)17-29-22-12-5-4-9-19(22)15-23(29)18-7-2-1-3-8-18/h1-12,15-16H,13-14,17H2,(H,26,31)(H,27,30). The predicted octanol–water partition coefficient (Wildman–Crippen LogP) is 4.48. The molecule has 5 rings (SSSR count). The highest BCUT2D eigenvalue weighted by atomic mass is 16.2. The van der Waals surface area contributed by atoms with Gasteiger partial charge in [-0.2, -0.15) is 0 Å². The van der Waals surface area contributed by atoms with Gasteiger partial charge in [0.1, 0.15) is 6.54 Å². The molecule has 2 N–H and O–H groups in total. The van der Waals surface area contributed by atoms with Gasteiger partial charge in [0.15, 0.2) is 0 Å². The van der Waals surface area contributed by atoms with Crippen LogP contribution >= 0.6 is 0 Å². The van der Waals surface area contributed by atoms with Crippen LogP contribution in [0.15, 0.2) is 84.9 Å². The maximum Gasteiger partial charge on any atom is 0.321 e. The number of fused-ring (bicyclic) bond motifs is 1. The lowest BCUT2D eigenvalue weighted by molar-refractivity contribution is -0.116. The molecule has 0 bridgehead atoms. The lowest BCUT2D eigenvalue weighted by atomic mass is 10.1. The van der Waals surface area contributed by atoms with Crippen molar-refractivity contribution in [2.24, 2.45) is 0 Å². The Balaban J connectivity index is 1.42. The Morgan fingerprint density at radius 2 is 1.74 bits per heavy atom. The number of urea groups is 1. The average Bonchev–Trinajstić information content (AvgIpc) is 3.38. The van der Waals surface area contributed by atoms with E-state index in [2.05, 4.69) is 22.8 Å². The summed E-state index contributed by atoms with van der Waals surface area (Å²) in [5, 5.41) is 6.87. The molecule has 0 radical (unpaired) electrons. The van der Waals surface area contributed by atoms with E-state index in [9.17, 15) is 9.59 Å². The van der Waals surface area contributed by atoms with Crippen LogP contribution in [-0.2, 0) is 11.3 Å². The molecule has 2 heterocycles. The molecule has 31 heavy (non-hydrogen) atoms. The molecule has 6 heteroatoms. The Kier molecular flexibility index (Phi) is 4.88. The number of aromatic nitrogens is 1. The van der Waals surface area contributed by atoms with E-state index in [4.69, 9.17) is 0 Å². The van der Waals surface area contributed by atoms with E-state index in [1.165, 1.54) is 0 Å². The van der Waals surface area contributed by atoms with E-state index < -0.39 is 0 Å². The molecule has 0 spiro atoms. The first-order valence-electron chi connectivity index (χ1n) is 10.3. The molecule has 1 aliphatic rings. The van der Waals surface area contributed by atoms with Gasteiger partial charge >= 0.3 is 6.03 Å². The van der Waals surface area contributed by atoms with E-state index in [0.29, 0.717) is 18.8 Å². The Hall–Kier alpha value is -4.06. The van der Waals surface area contributed by atoms with Gasteiger partial charge in [0.05, 0.1) is 0 Å². The fourth-order valence-electron chi connectivity index (χ4n) is 4.04. The Morgan fingerprint density at radius 3 is 2.55 bits per heavy atom. The Labute approximate surface area is 180 Å². The summed E-state index contributed by atoms with van der Waals surface area (Å²) in [5.74, 6) is -0.124. The summed E-state index contributed by atoms with van der Waals surface area (Å²) in [7, 11) is 0. The largest absolute Gasteiger partial charge is 0.336 e. The molecule has 6 nitrogen and oxygen atoms in total. The number of rotatable bonds is 5. The van der Waals surface area contributed by atoms with Crippen molar-refractivity contribution < 1.29 is 9.59 Å². The summed E-state index contributed by atoms with van der Waals surface area (Å²) in [4.78, 5) is 26.6. The molecule has 3 aromatic carbocycles. The van der Waals surface area contributed by atoms with Gasteiger partial charge in [-0.3, -0.25) is 9.69 Å². The molecule has 0 atom stereocenters. The number of nitrogens with one attached hydrogen (secondary N) is 2. The van der Waals surface area contributed by atoms with E-state index in [1.54, 1.807) is 4.90 Å². The van der Waals surface area contributed by atoms with Crippen LogP contribution in [-0.4, -0.2) is 29.6 Å². The SMILES string of the molecule is O=C(Cn1c(-c2ccccc2)cc2ccccc21)Nc1cccc(N2CCNC2=O)c1. The van der Waals surface area contributed by atoms with Crippen molar-refractivity contribution in [2.45, 2.75) is 6.54 Å². The van der Waals surface area contributed by atoms with Gasteiger partial charge in [-0.25, -0.2) is 4.79 Å². The number of nitrogens with zero attached hydrogens (tertiary/aromatic N) is 2. The van der Waals surface area contributed by atoms with Crippen LogP contribution < -0.4 is 15.5 Å². The van der Waals surface area contributed by atoms with Gasteiger partial charge in [-0.15, -0.1) is 0 Å². The van der Waals surface area contributed by atoms with E-state index in [0.717, 1.165) is 27.8 Å². The van der Waals surface area contributed by atoms with Crippen molar-refractivity contribution in [1.82, 2.24) is 9.88 Å². The van der Waals surface area contributed by atoms with Crippen LogP contribution in [0.4, 0.5) is 16.2 Å². The van der Waals surface area contributed by atoms with Crippen molar-refractivity contribution in [3.05, 3.63) is 84.9 Å². The maximum absolute atomic E-state index is 13.0. The average molecular weight is 410 g/mol. The van der Waals surface area contributed by atoms with Crippen molar-refractivity contribution in [1.29, 1.82) is 0 Å². The number of hydrogen-bond donors (Lipinski definition) is 2. The number of para-hydroxylation sites is 1. The summed E-state index contributed by atoms with van der Waals surface area (Å²) in [6, 6.07) is 27.5. The zero-order valence-corrected chi connectivity index (χ0v) is 16.9. The number of anilines is 2. The Morgan fingerprint density at radius 1 is 0.935 bits per heavy atom. The number of hydrogen-bond acceptors (Lipinski definition) is 2. The molecule has 1 aliphatic heterocycles. The van der Waals surface area contributed by atoms with Crippen molar-refractivity contribution in [2.75, 3.05) is 23.3 Å². The fraction of sp³-hybridized carbons (Fsp3) is 0.120. The first-order chi connectivity index (χ1) is 15.2. The van der Waals surface area contributed by atoms with Gasteiger partial charge in [-0.1, -0.05) is 54.6 Å². The predicted molar refractivity (Wildman–Crippen MR) is 123 cm³/mol. The minimum absolute atomic E-state index is 0.116. The van der Waals surface area contributed by atoms with E-state index in [1.807, 2.05) is 77.4 Å². The summed E-state index contributed by atoms with van der Waals surface area (Å²) in [6.45, 7) is 1.43. The van der Waals surface area contributed by atoms with Gasteiger partial charge in [-0.05, 0) is 35.9 Å². The second-order valence-corrected chi connectivity index (χ2v) is 7.52. The third-order valence-electron chi connectivity index (χ3n) is 5.48. The van der Waals surface area contributed by atoms with E-state index in [-0.39, 0.29) is 18.5 Å². The number of carbonyl (C=O) groups excluding carboxylic acids is 2. The highest BCUT2D eigenvalue weighted by Crippen LogP contribution is 2.28. The van der Waals surface area contributed by atoms with Crippen LogP contribution in [0.5, 0.6) is 0 Å². The molecule has 0 aliphatic carbocycles. The van der Waals surface area contributed by atoms with Crippen LogP contribution in [0.2, 0.25) is 0 Å². The molecule has 3 amide bonds. The van der Waals surface area contributed by atoms with Crippen LogP contribution in [0.25, 0.3) is 22.2 Å². The van der Waals surface area contributed by atoms with Gasteiger partial charge in [0.25, 0.3) is 0 Å². The molecule has 4 aromatic rings. The quantitative estimate of drug-likeness (QED) is 0.510. The Bertz CT molecular complexity index is 1260. The summed E-state index contributed by atoms with van der Waals surface area (Å²) < 4.78 is 2.04. The van der Waals surface area contributed by atoms with Crippen LogP contribution in [0.1, 0.15) is 0 Å². The third kappa shape index (κ3) is 3.75. The lowest BCUT2D eigenvalue weighted by Crippen LogP contribution is -2.27. The highest BCUT2D eigenvalue weighted by molar-refractivity contribution is 5.97. The van der Waals surface area contributed by atoms with Gasteiger partial charge in [0, 0.05) is 41.1 Å². The van der Waals surface area contributed by atoms with Gasteiger partial charge < -0.3 is 15.2 Å². The van der Waals surface area contributed by atoms with Crippen molar-refractivity contribution in [3.8, 4) is 11.3 Å². The number of benzene rings is 3. The van der Waals surface area contributed by atoms with E-state index >= 15 is 0 Å². The molecule has 0 unspecified atom stereocenters. The highest BCUT2D eigenvalue weighted by Gasteiger charge is 2.21. The molecule has 1 fully saturated rings. The summed E-state index contributed by atoms with van der Waals surface area (Å²) >= 11 is 0. The smallest absolute Gasteiger partial charge is 0.321 e. The van der Waals surface area contributed by atoms with Crippen molar-refractivity contribution >= 4 is 34.2 Å². The third-order valence-corrected chi connectivity index (χ3v) is 5.48. The summed E-state index contributed by atoms with van der Waals surface area (Å²) in [5.41, 5.74) is 4.51. The van der Waals surface area contributed by atoms with Crippen LogP contribution in [0, 0.1) is 0 Å². The first-order valence-corrected chi connectivity index (χ1v) is 10.3. The molecule has 154 valence electrons. The molecular formula is C25H22N4O2. The molecular weight excluding hydrogens is 388 g/mol. The molecule has 1 saturated heterocycles. The minimum Gasteiger partial charge on any atom is -0.336 e. The minimum atomic E-state index is -0.124. The molecule has 0 saturated carbocycles.